The van der Waals surface area contributed by atoms with Crippen molar-refractivity contribution >= 4 is 11.6 Å². The van der Waals surface area contributed by atoms with Gasteiger partial charge in [0.15, 0.2) is 5.82 Å². The molecule has 4 rings (SSSR count). The van der Waals surface area contributed by atoms with Crippen LogP contribution in [0.1, 0.15) is 29.9 Å². The van der Waals surface area contributed by atoms with Gasteiger partial charge in [0.25, 0.3) is 0 Å². The lowest BCUT2D eigenvalue weighted by Crippen LogP contribution is -2.25. The number of aromatic nitrogens is 4. The quantitative estimate of drug-likeness (QED) is 0.805. The number of carbonyl (C=O) groups is 1. The van der Waals surface area contributed by atoms with Crippen molar-refractivity contribution in [1.82, 2.24) is 19.7 Å². The minimum atomic E-state index is -0.126. The SMILES string of the molecule is O=C(Nc1cccnc1-n1cncn1)[C@H]1CCCc2ccccc21. The molecule has 1 aromatic carbocycles. The van der Waals surface area contributed by atoms with Gasteiger partial charge in [0.05, 0.1) is 11.6 Å². The smallest absolute Gasteiger partial charge is 0.232 e. The average molecular weight is 319 g/mol. The second-order valence-corrected chi connectivity index (χ2v) is 5.85. The van der Waals surface area contributed by atoms with Crippen molar-refractivity contribution in [2.75, 3.05) is 5.32 Å². The van der Waals surface area contributed by atoms with Gasteiger partial charge in [-0.05, 0) is 42.5 Å². The van der Waals surface area contributed by atoms with Crippen molar-refractivity contribution in [3.63, 3.8) is 0 Å². The third-order valence-electron chi connectivity index (χ3n) is 4.37. The summed E-state index contributed by atoms with van der Waals surface area (Å²) in [5.41, 5.74) is 3.04. The fraction of sp³-hybridized carbons (Fsp3) is 0.222. The van der Waals surface area contributed by atoms with Crippen LogP contribution in [0.3, 0.4) is 0 Å². The summed E-state index contributed by atoms with van der Waals surface area (Å²) in [5, 5.41) is 7.11. The van der Waals surface area contributed by atoms with Crippen molar-refractivity contribution < 1.29 is 4.79 Å². The first-order chi connectivity index (χ1) is 11.8. The van der Waals surface area contributed by atoms with Crippen LogP contribution in [0.5, 0.6) is 0 Å². The summed E-state index contributed by atoms with van der Waals surface area (Å²) < 4.78 is 1.55. The lowest BCUT2D eigenvalue weighted by atomic mass is 9.82. The predicted octanol–water partition coefficient (Wildman–Crippen LogP) is 2.72. The summed E-state index contributed by atoms with van der Waals surface area (Å²) in [6.45, 7) is 0. The molecule has 2 heterocycles. The Hall–Kier alpha value is -3.02. The van der Waals surface area contributed by atoms with E-state index in [1.807, 2.05) is 18.2 Å². The van der Waals surface area contributed by atoms with E-state index in [1.165, 1.54) is 11.9 Å². The molecule has 24 heavy (non-hydrogen) atoms. The topological polar surface area (TPSA) is 72.7 Å². The van der Waals surface area contributed by atoms with Crippen LogP contribution < -0.4 is 5.32 Å². The van der Waals surface area contributed by atoms with E-state index in [1.54, 1.807) is 23.3 Å². The minimum absolute atomic E-state index is 0.00323. The maximum absolute atomic E-state index is 12.9. The highest BCUT2D eigenvalue weighted by atomic mass is 16.1. The highest BCUT2D eigenvalue weighted by Gasteiger charge is 2.26. The Balaban J connectivity index is 1.62. The normalized spacial score (nSPS) is 16.4. The number of pyridine rings is 1. The molecule has 2 aromatic heterocycles. The fourth-order valence-electron chi connectivity index (χ4n) is 3.24. The summed E-state index contributed by atoms with van der Waals surface area (Å²) in [4.78, 5) is 21.1. The number of carbonyl (C=O) groups excluding carboxylic acids is 1. The summed E-state index contributed by atoms with van der Waals surface area (Å²) in [6, 6.07) is 11.8. The number of fused-ring (bicyclic) bond motifs is 1. The van der Waals surface area contributed by atoms with Gasteiger partial charge < -0.3 is 5.32 Å². The molecule has 0 saturated heterocycles. The number of hydrogen-bond acceptors (Lipinski definition) is 4. The van der Waals surface area contributed by atoms with E-state index < -0.39 is 0 Å². The first-order valence-corrected chi connectivity index (χ1v) is 8.01. The van der Waals surface area contributed by atoms with Gasteiger partial charge >= 0.3 is 0 Å². The average Bonchev–Trinajstić information content (AvgIpc) is 3.16. The third kappa shape index (κ3) is 2.67. The van der Waals surface area contributed by atoms with Crippen LogP contribution in [0, 0.1) is 0 Å². The molecule has 0 bridgehead atoms. The fourth-order valence-corrected chi connectivity index (χ4v) is 3.24. The Morgan fingerprint density at radius 2 is 2.12 bits per heavy atom. The van der Waals surface area contributed by atoms with E-state index in [2.05, 4.69) is 32.5 Å². The van der Waals surface area contributed by atoms with E-state index >= 15 is 0 Å². The summed E-state index contributed by atoms with van der Waals surface area (Å²) in [5.74, 6) is 0.433. The lowest BCUT2D eigenvalue weighted by molar-refractivity contribution is -0.117. The monoisotopic (exact) mass is 319 g/mol. The molecule has 1 atom stereocenters. The summed E-state index contributed by atoms with van der Waals surface area (Å²) in [6.07, 6.45) is 7.60. The Morgan fingerprint density at radius 1 is 1.21 bits per heavy atom. The molecule has 3 aromatic rings. The van der Waals surface area contributed by atoms with E-state index in [-0.39, 0.29) is 11.8 Å². The highest BCUT2D eigenvalue weighted by molar-refractivity contribution is 5.97. The van der Waals surface area contributed by atoms with Crippen molar-refractivity contribution in [3.05, 3.63) is 66.4 Å². The molecular formula is C18H17N5O. The third-order valence-corrected chi connectivity index (χ3v) is 4.37. The molecule has 0 radical (unpaired) electrons. The van der Waals surface area contributed by atoms with E-state index in [4.69, 9.17) is 0 Å². The molecule has 6 heteroatoms. The van der Waals surface area contributed by atoms with E-state index in [9.17, 15) is 4.79 Å². The molecule has 120 valence electrons. The van der Waals surface area contributed by atoms with Gasteiger partial charge in [0.1, 0.15) is 12.7 Å². The summed E-state index contributed by atoms with van der Waals surface area (Å²) in [7, 11) is 0. The Labute approximate surface area is 139 Å². The molecule has 0 spiro atoms. The number of amides is 1. The van der Waals surface area contributed by atoms with E-state index in [0.717, 1.165) is 24.8 Å². The zero-order valence-corrected chi connectivity index (χ0v) is 13.1. The maximum atomic E-state index is 12.9. The molecule has 1 N–H and O–H groups in total. The second kappa shape index (κ2) is 6.23. The molecule has 0 aliphatic heterocycles. The highest BCUT2D eigenvalue weighted by Crippen LogP contribution is 2.32. The van der Waals surface area contributed by atoms with Gasteiger partial charge in [-0.3, -0.25) is 4.79 Å². The van der Waals surface area contributed by atoms with Crippen molar-refractivity contribution in [2.24, 2.45) is 0 Å². The van der Waals surface area contributed by atoms with Gasteiger partial charge in [0, 0.05) is 6.20 Å². The number of aryl methyl sites for hydroxylation is 1. The molecule has 0 saturated carbocycles. The van der Waals surface area contributed by atoms with Crippen LogP contribution in [0.25, 0.3) is 5.82 Å². The molecule has 0 unspecified atom stereocenters. The maximum Gasteiger partial charge on any atom is 0.232 e. The first-order valence-electron chi connectivity index (χ1n) is 8.01. The minimum Gasteiger partial charge on any atom is -0.322 e. The zero-order valence-electron chi connectivity index (χ0n) is 13.1. The molecule has 0 fully saturated rings. The Bertz CT molecular complexity index is 859. The predicted molar refractivity (Wildman–Crippen MR) is 89.9 cm³/mol. The van der Waals surface area contributed by atoms with Crippen molar-refractivity contribution in [1.29, 1.82) is 0 Å². The number of hydrogen-bond donors (Lipinski definition) is 1. The molecule has 1 aliphatic rings. The molecular weight excluding hydrogens is 302 g/mol. The Kier molecular flexibility index (Phi) is 3.78. The van der Waals surface area contributed by atoms with Crippen molar-refractivity contribution in [3.8, 4) is 5.82 Å². The zero-order chi connectivity index (χ0) is 16.4. The van der Waals surface area contributed by atoms with Crippen LogP contribution in [0.15, 0.2) is 55.2 Å². The second-order valence-electron chi connectivity index (χ2n) is 5.85. The van der Waals surface area contributed by atoms with Gasteiger partial charge in [-0.15, -0.1) is 0 Å². The summed E-state index contributed by atoms with van der Waals surface area (Å²) >= 11 is 0. The lowest BCUT2D eigenvalue weighted by Gasteiger charge is -2.24. The molecule has 1 amide bonds. The number of nitrogens with one attached hydrogen (secondary N) is 1. The van der Waals surface area contributed by atoms with Crippen LogP contribution in [-0.4, -0.2) is 25.7 Å². The first kappa shape index (κ1) is 14.6. The van der Waals surface area contributed by atoms with Gasteiger partial charge in [-0.25, -0.2) is 14.6 Å². The standard InChI is InChI=1S/C18H17N5O/c24-18(15-8-3-6-13-5-1-2-7-14(13)15)22-16-9-4-10-20-17(16)23-12-19-11-21-23/h1-2,4-5,7,9-12,15H,3,6,8H2,(H,22,24)/t15-/m0/s1. The molecule has 1 aliphatic carbocycles. The molecule has 6 nitrogen and oxygen atoms in total. The number of rotatable bonds is 3. The van der Waals surface area contributed by atoms with Crippen LogP contribution in [-0.2, 0) is 11.2 Å². The van der Waals surface area contributed by atoms with Crippen LogP contribution in [0.2, 0.25) is 0 Å². The largest absolute Gasteiger partial charge is 0.322 e. The van der Waals surface area contributed by atoms with Crippen molar-refractivity contribution in [2.45, 2.75) is 25.2 Å². The van der Waals surface area contributed by atoms with Gasteiger partial charge in [-0.1, -0.05) is 24.3 Å². The van der Waals surface area contributed by atoms with Gasteiger partial charge in [0.2, 0.25) is 5.91 Å². The van der Waals surface area contributed by atoms with Gasteiger partial charge in [-0.2, -0.15) is 5.10 Å². The van der Waals surface area contributed by atoms with Crippen LogP contribution >= 0.6 is 0 Å². The Morgan fingerprint density at radius 3 is 3.00 bits per heavy atom. The number of benzene rings is 1. The number of anilines is 1. The van der Waals surface area contributed by atoms with Crippen LogP contribution in [0.4, 0.5) is 5.69 Å². The van der Waals surface area contributed by atoms with E-state index in [0.29, 0.717) is 11.5 Å². The number of nitrogens with zero attached hydrogens (tertiary/aromatic N) is 4.